The summed E-state index contributed by atoms with van der Waals surface area (Å²) in [6, 6.07) is 0. The Hall–Kier alpha value is -0.270. The van der Waals surface area contributed by atoms with Crippen LogP contribution in [-0.2, 0) is 19.6 Å². The minimum atomic E-state index is -3.28. The van der Waals surface area contributed by atoms with E-state index in [0.29, 0.717) is 13.0 Å². The summed E-state index contributed by atoms with van der Waals surface area (Å²) in [5.74, 6) is 0.701. The van der Waals surface area contributed by atoms with Crippen LogP contribution in [0.4, 0.5) is 0 Å². The predicted octanol–water partition coefficient (Wildman–Crippen LogP) is 1.14. The van der Waals surface area contributed by atoms with Gasteiger partial charge in [0, 0.05) is 17.7 Å². The van der Waals surface area contributed by atoms with Crippen LogP contribution in [0, 0.1) is 0 Å². The molecule has 0 aromatic heterocycles. The predicted molar refractivity (Wildman–Crippen MR) is 73.1 cm³/mol. The van der Waals surface area contributed by atoms with Gasteiger partial charge in [0.25, 0.3) is 0 Å². The molecule has 1 saturated heterocycles. The molecule has 1 fully saturated rings. The second-order valence-electron chi connectivity index (χ2n) is 4.72. The van der Waals surface area contributed by atoms with Gasteiger partial charge in [-0.1, -0.05) is 0 Å². The largest absolute Gasteiger partial charge is 0.469 e. The third-order valence-corrected chi connectivity index (χ3v) is 5.94. The van der Waals surface area contributed by atoms with Crippen LogP contribution >= 0.6 is 11.8 Å². The number of esters is 1. The van der Waals surface area contributed by atoms with Gasteiger partial charge in [0.2, 0.25) is 10.0 Å². The lowest BCUT2D eigenvalue weighted by Gasteiger charge is -2.22. The smallest absolute Gasteiger partial charge is 0.305 e. The van der Waals surface area contributed by atoms with Crippen LogP contribution < -0.4 is 4.72 Å². The van der Waals surface area contributed by atoms with Crippen molar-refractivity contribution in [3.05, 3.63) is 0 Å². The summed E-state index contributed by atoms with van der Waals surface area (Å²) in [4.78, 5) is 10.9. The molecule has 1 unspecified atom stereocenters. The van der Waals surface area contributed by atoms with Gasteiger partial charge in [-0.15, -0.1) is 0 Å². The first-order valence-electron chi connectivity index (χ1n) is 6.05. The van der Waals surface area contributed by atoms with Gasteiger partial charge in [0.1, 0.15) is 0 Å². The summed E-state index contributed by atoms with van der Waals surface area (Å²) in [7, 11) is -1.98. The first-order chi connectivity index (χ1) is 8.37. The highest BCUT2D eigenvalue weighted by Crippen LogP contribution is 2.37. The summed E-state index contributed by atoms with van der Waals surface area (Å²) in [5.41, 5.74) is 0. The van der Waals surface area contributed by atoms with Gasteiger partial charge in [-0.3, -0.25) is 4.79 Å². The number of carbonyl (C=O) groups is 1. The second-order valence-corrected chi connectivity index (χ2v) is 8.33. The van der Waals surface area contributed by atoms with E-state index in [0.717, 1.165) is 18.6 Å². The third-order valence-electron chi connectivity index (χ3n) is 2.99. The molecule has 1 rings (SSSR count). The Morgan fingerprint density at radius 2 is 2.22 bits per heavy atom. The van der Waals surface area contributed by atoms with Crippen molar-refractivity contribution in [2.45, 2.75) is 37.4 Å². The zero-order valence-electron chi connectivity index (χ0n) is 10.9. The first-order valence-corrected chi connectivity index (χ1v) is 8.69. The van der Waals surface area contributed by atoms with Gasteiger partial charge < -0.3 is 4.74 Å². The molecule has 0 spiro atoms. The van der Waals surface area contributed by atoms with E-state index in [4.69, 9.17) is 0 Å². The minimum Gasteiger partial charge on any atom is -0.469 e. The monoisotopic (exact) mass is 295 g/mol. The Morgan fingerprint density at radius 3 is 2.78 bits per heavy atom. The summed E-state index contributed by atoms with van der Waals surface area (Å²) < 4.78 is 30.6. The standard InChI is InChI=1S/C11H21NO4S2/c1-11(6-4-7-17-11)9-12-18(14,15)8-3-5-10(13)16-2/h12H,3-9H2,1-2H3. The summed E-state index contributed by atoms with van der Waals surface area (Å²) in [5, 5.41) is 0. The molecule has 5 nitrogen and oxygen atoms in total. The van der Waals surface area contributed by atoms with Crippen LogP contribution in [0.3, 0.4) is 0 Å². The fraction of sp³-hybridized carbons (Fsp3) is 0.909. The van der Waals surface area contributed by atoms with E-state index in [9.17, 15) is 13.2 Å². The second kappa shape index (κ2) is 6.77. The topological polar surface area (TPSA) is 72.5 Å². The van der Waals surface area contributed by atoms with E-state index in [1.807, 2.05) is 11.8 Å². The molecule has 0 saturated carbocycles. The fourth-order valence-corrected chi connectivity index (χ4v) is 4.36. The van der Waals surface area contributed by atoms with Crippen LogP contribution in [0.25, 0.3) is 0 Å². The van der Waals surface area contributed by atoms with Crippen LogP contribution in [0.15, 0.2) is 0 Å². The fourth-order valence-electron chi connectivity index (χ4n) is 1.82. The quantitative estimate of drug-likeness (QED) is 0.713. The summed E-state index contributed by atoms with van der Waals surface area (Å²) >= 11 is 1.82. The lowest BCUT2D eigenvalue weighted by atomic mass is 10.1. The number of ether oxygens (including phenoxy) is 1. The first kappa shape index (κ1) is 15.8. The van der Waals surface area contributed by atoms with Gasteiger partial charge >= 0.3 is 5.97 Å². The molecule has 0 bridgehead atoms. The van der Waals surface area contributed by atoms with Gasteiger partial charge in [0.15, 0.2) is 0 Å². The van der Waals surface area contributed by atoms with Crippen LogP contribution in [0.2, 0.25) is 0 Å². The van der Waals surface area contributed by atoms with E-state index < -0.39 is 10.0 Å². The molecule has 1 heterocycles. The van der Waals surface area contributed by atoms with Gasteiger partial charge in [0.05, 0.1) is 12.9 Å². The lowest BCUT2D eigenvalue weighted by Crippen LogP contribution is -2.37. The molecule has 0 aromatic rings. The molecule has 0 aliphatic carbocycles. The lowest BCUT2D eigenvalue weighted by molar-refractivity contribution is -0.140. The number of carbonyl (C=O) groups excluding carboxylic acids is 1. The molecule has 1 N–H and O–H groups in total. The number of methoxy groups -OCH3 is 1. The number of thioether (sulfide) groups is 1. The zero-order chi connectivity index (χ0) is 13.6. The highest BCUT2D eigenvalue weighted by atomic mass is 32.2. The van der Waals surface area contributed by atoms with Crippen molar-refractivity contribution >= 4 is 27.8 Å². The van der Waals surface area contributed by atoms with E-state index in [1.54, 1.807) is 0 Å². The summed E-state index contributed by atoms with van der Waals surface area (Å²) in [6.07, 6.45) is 2.63. The highest BCUT2D eigenvalue weighted by molar-refractivity contribution is 8.01. The van der Waals surface area contributed by atoms with Crippen molar-refractivity contribution in [1.82, 2.24) is 4.72 Å². The molecule has 18 heavy (non-hydrogen) atoms. The minimum absolute atomic E-state index is 0.0232. The van der Waals surface area contributed by atoms with Crippen LogP contribution in [0.5, 0.6) is 0 Å². The van der Waals surface area contributed by atoms with Crippen molar-refractivity contribution in [2.24, 2.45) is 0 Å². The Labute approximate surface area is 113 Å². The maximum atomic E-state index is 11.7. The van der Waals surface area contributed by atoms with Crippen molar-refractivity contribution in [3.63, 3.8) is 0 Å². The Bertz CT molecular complexity index is 375. The zero-order valence-corrected chi connectivity index (χ0v) is 12.5. The van der Waals surface area contributed by atoms with Crippen molar-refractivity contribution in [2.75, 3.05) is 25.2 Å². The van der Waals surface area contributed by atoms with E-state index >= 15 is 0 Å². The molecule has 106 valence electrons. The number of hydrogen-bond acceptors (Lipinski definition) is 5. The maximum absolute atomic E-state index is 11.7. The number of nitrogens with one attached hydrogen (secondary N) is 1. The Kier molecular flexibility index (Phi) is 5.94. The van der Waals surface area contributed by atoms with Crippen LogP contribution in [0.1, 0.15) is 32.6 Å². The molecule has 0 radical (unpaired) electrons. The average Bonchev–Trinajstić information content (AvgIpc) is 2.74. The summed E-state index contributed by atoms with van der Waals surface area (Å²) in [6.45, 7) is 2.56. The van der Waals surface area contributed by atoms with Gasteiger partial charge in [-0.2, -0.15) is 11.8 Å². The van der Waals surface area contributed by atoms with Gasteiger partial charge in [-0.25, -0.2) is 13.1 Å². The Balaban J connectivity index is 2.29. The van der Waals surface area contributed by atoms with E-state index in [-0.39, 0.29) is 22.9 Å². The third kappa shape index (κ3) is 5.58. The molecular weight excluding hydrogens is 274 g/mol. The highest BCUT2D eigenvalue weighted by Gasteiger charge is 2.30. The number of sulfonamides is 1. The van der Waals surface area contributed by atoms with E-state index in [1.165, 1.54) is 7.11 Å². The molecular formula is C11H21NO4S2. The maximum Gasteiger partial charge on any atom is 0.305 e. The number of rotatable bonds is 7. The SMILES string of the molecule is COC(=O)CCCS(=O)(=O)NCC1(C)CCCS1. The molecule has 0 amide bonds. The molecule has 0 aromatic carbocycles. The molecule has 1 aliphatic rings. The average molecular weight is 295 g/mol. The van der Waals surface area contributed by atoms with Gasteiger partial charge in [-0.05, 0) is 31.9 Å². The molecule has 7 heteroatoms. The Morgan fingerprint density at radius 1 is 1.50 bits per heavy atom. The van der Waals surface area contributed by atoms with Crippen molar-refractivity contribution in [3.8, 4) is 0 Å². The van der Waals surface area contributed by atoms with Crippen molar-refractivity contribution in [1.29, 1.82) is 0 Å². The van der Waals surface area contributed by atoms with Crippen molar-refractivity contribution < 1.29 is 17.9 Å². The van der Waals surface area contributed by atoms with E-state index in [2.05, 4.69) is 16.4 Å². The molecule has 1 atom stereocenters. The normalized spacial score (nSPS) is 24.1. The molecule has 1 aliphatic heterocycles. The number of hydrogen-bond donors (Lipinski definition) is 1. The van der Waals surface area contributed by atoms with Crippen LogP contribution in [-0.4, -0.2) is 44.3 Å².